The van der Waals surface area contributed by atoms with E-state index in [9.17, 15) is 4.79 Å². The summed E-state index contributed by atoms with van der Waals surface area (Å²) in [6.45, 7) is 0.796. The minimum absolute atomic E-state index is 0.177. The van der Waals surface area contributed by atoms with Gasteiger partial charge >= 0.3 is 0 Å². The van der Waals surface area contributed by atoms with Crippen molar-refractivity contribution in [1.82, 2.24) is 5.32 Å². The first kappa shape index (κ1) is 20.5. The van der Waals surface area contributed by atoms with Crippen molar-refractivity contribution in [3.63, 3.8) is 0 Å². The first-order valence-corrected chi connectivity index (χ1v) is 10.0. The molecule has 3 N–H and O–H groups in total. The first-order chi connectivity index (χ1) is 15.1. The van der Waals surface area contributed by atoms with Crippen molar-refractivity contribution >= 4 is 28.6 Å². The quantitative estimate of drug-likeness (QED) is 0.500. The van der Waals surface area contributed by atoms with Crippen LogP contribution < -0.4 is 25.4 Å². The van der Waals surface area contributed by atoms with E-state index in [0.29, 0.717) is 22.8 Å². The van der Waals surface area contributed by atoms with Gasteiger partial charge in [0.2, 0.25) is 0 Å². The lowest BCUT2D eigenvalue weighted by Gasteiger charge is -2.16. The molecule has 0 saturated carbocycles. The molecule has 0 atom stereocenters. The maximum atomic E-state index is 13.1. The Morgan fingerprint density at radius 2 is 1.61 bits per heavy atom. The van der Waals surface area contributed by atoms with Crippen molar-refractivity contribution in [3.05, 3.63) is 83.4 Å². The van der Waals surface area contributed by atoms with Gasteiger partial charge in [-0.25, -0.2) is 0 Å². The maximum absolute atomic E-state index is 13.1. The average molecular weight is 415 g/mol. The van der Waals surface area contributed by atoms with Crippen molar-refractivity contribution in [2.45, 2.75) is 6.54 Å². The summed E-state index contributed by atoms with van der Waals surface area (Å²) in [7, 11) is 5.08. The summed E-state index contributed by atoms with van der Waals surface area (Å²) in [6.07, 6.45) is 0. The van der Waals surface area contributed by atoms with E-state index in [1.807, 2.05) is 55.6 Å². The van der Waals surface area contributed by atoms with Crippen molar-refractivity contribution in [2.24, 2.45) is 0 Å². The number of ether oxygens (including phenoxy) is 2. The van der Waals surface area contributed by atoms with Crippen LogP contribution in [0.1, 0.15) is 16.7 Å². The molecule has 1 aliphatic rings. The van der Waals surface area contributed by atoms with Crippen LogP contribution in [0.5, 0.6) is 11.5 Å². The summed E-state index contributed by atoms with van der Waals surface area (Å²) in [5, 5.41) is 9.57. The Kier molecular flexibility index (Phi) is 5.91. The molecule has 0 aliphatic carbocycles. The summed E-state index contributed by atoms with van der Waals surface area (Å²) >= 11 is 0. The fourth-order valence-electron chi connectivity index (χ4n) is 3.68. The fraction of sp³-hybridized carbons (Fsp3) is 0.160. The molecular formula is C25H25N3O3. The zero-order chi connectivity index (χ0) is 21.8. The molecule has 0 fully saturated rings. The van der Waals surface area contributed by atoms with Crippen LogP contribution in [0, 0.1) is 0 Å². The summed E-state index contributed by atoms with van der Waals surface area (Å²) in [5.41, 5.74) is 5.73. The number of hydrogen-bond acceptors (Lipinski definition) is 5. The Bertz CT molecular complexity index is 1120. The zero-order valence-electron chi connectivity index (χ0n) is 17.8. The molecule has 0 saturated heterocycles. The number of benzene rings is 3. The summed E-state index contributed by atoms with van der Waals surface area (Å²) in [5.74, 6) is 0.958. The lowest BCUT2D eigenvalue weighted by atomic mass is 9.99. The highest BCUT2D eigenvalue weighted by Gasteiger charge is 2.30. The first-order valence-electron chi connectivity index (χ1n) is 10.0. The maximum Gasteiger partial charge on any atom is 0.258 e. The van der Waals surface area contributed by atoms with Crippen molar-refractivity contribution in [3.8, 4) is 11.5 Å². The van der Waals surface area contributed by atoms with E-state index < -0.39 is 0 Å². The highest BCUT2D eigenvalue weighted by Crippen LogP contribution is 2.43. The van der Waals surface area contributed by atoms with Crippen LogP contribution in [0.4, 0.5) is 11.4 Å². The third kappa shape index (κ3) is 4.11. The van der Waals surface area contributed by atoms with E-state index in [0.717, 1.165) is 29.1 Å². The third-order valence-electron chi connectivity index (χ3n) is 5.18. The van der Waals surface area contributed by atoms with Crippen molar-refractivity contribution in [2.75, 3.05) is 31.9 Å². The second-order valence-electron chi connectivity index (χ2n) is 7.18. The van der Waals surface area contributed by atoms with Gasteiger partial charge in [-0.15, -0.1) is 0 Å². The van der Waals surface area contributed by atoms with Gasteiger partial charge < -0.3 is 25.4 Å². The summed E-state index contributed by atoms with van der Waals surface area (Å²) < 4.78 is 10.9. The van der Waals surface area contributed by atoms with Gasteiger partial charge in [0, 0.05) is 23.9 Å². The number of fused-ring (bicyclic) bond motifs is 1. The number of methoxy groups -OCH3 is 2. The Hall–Kier alpha value is -3.77. The van der Waals surface area contributed by atoms with Crippen LogP contribution in [0.15, 0.2) is 66.7 Å². The number of carbonyl (C=O) groups is 1. The predicted octanol–water partition coefficient (Wildman–Crippen LogP) is 4.36. The smallest absolute Gasteiger partial charge is 0.258 e. The van der Waals surface area contributed by atoms with Gasteiger partial charge in [-0.05, 0) is 36.4 Å². The molecular weight excluding hydrogens is 390 g/mol. The van der Waals surface area contributed by atoms with Crippen LogP contribution in [0.25, 0.3) is 11.3 Å². The fourth-order valence-corrected chi connectivity index (χ4v) is 3.68. The largest absolute Gasteiger partial charge is 0.493 e. The lowest BCUT2D eigenvalue weighted by Crippen LogP contribution is -2.10. The number of rotatable bonds is 7. The third-order valence-corrected chi connectivity index (χ3v) is 5.18. The zero-order valence-corrected chi connectivity index (χ0v) is 17.8. The predicted molar refractivity (Wildman–Crippen MR) is 124 cm³/mol. The molecule has 0 bridgehead atoms. The van der Waals surface area contributed by atoms with E-state index in [1.54, 1.807) is 20.3 Å². The molecule has 31 heavy (non-hydrogen) atoms. The topological polar surface area (TPSA) is 71.6 Å². The van der Waals surface area contributed by atoms with E-state index in [1.165, 1.54) is 5.56 Å². The van der Waals surface area contributed by atoms with Gasteiger partial charge in [-0.3, -0.25) is 4.79 Å². The van der Waals surface area contributed by atoms with Gasteiger partial charge in [0.1, 0.15) is 0 Å². The van der Waals surface area contributed by atoms with E-state index >= 15 is 0 Å². The molecule has 0 spiro atoms. The Labute approximate surface area is 181 Å². The normalized spacial score (nSPS) is 14.0. The molecule has 158 valence electrons. The number of amides is 1. The van der Waals surface area contributed by atoms with Crippen molar-refractivity contribution < 1.29 is 14.3 Å². The van der Waals surface area contributed by atoms with Gasteiger partial charge in [0.15, 0.2) is 11.5 Å². The second kappa shape index (κ2) is 8.93. The Balaban J connectivity index is 1.85. The number of hydrogen-bond donors (Lipinski definition) is 3. The van der Waals surface area contributed by atoms with Crippen molar-refractivity contribution in [1.29, 1.82) is 0 Å². The van der Waals surface area contributed by atoms with Gasteiger partial charge in [-0.2, -0.15) is 0 Å². The van der Waals surface area contributed by atoms with Crippen LogP contribution >= 0.6 is 0 Å². The van der Waals surface area contributed by atoms with Crippen LogP contribution in [0.3, 0.4) is 0 Å². The molecule has 0 unspecified atom stereocenters. The monoisotopic (exact) mass is 415 g/mol. The highest BCUT2D eigenvalue weighted by molar-refractivity contribution is 6.37. The van der Waals surface area contributed by atoms with Gasteiger partial charge in [-0.1, -0.05) is 42.5 Å². The molecule has 3 aromatic rings. The number of anilines is 2. The minimum Gasteiger partial charge on any atom is -0.493 e. The van der Waals surface area contributed by atoms with E-state index in [2.05, 4.69) is 28.1 Å². The van der Waals surface area contributed by atoms with E-state index in [4.69, 9.17) is 9.47 Å². The van der Waals surface area contributed by atoms with E-state index in [-0.39, 0.29) is 5.91 Å². The summed E-state index contributed by atoms with van der Waals surface area (Å²) in [6, 6.07) is 21.6. The van der Waals surface area contributed by atoms with Crippen LogP contribution in [0.2, 0.25) is 0 Å². The SMILES string of the molecule is CNCc1ccc(N/C(=C2\C(=O)Nc3cc(OC)c(OC)cc32)c2ccccc2)cc1. The van der Waals surface area contributed by atoms with Gasteiger partial charge in [0.05, 0.1) is 31.2 Å². The molecule has 1 heterocycles. The Morgan fingerprint density at radius 1 is 0.935 bits per heavy atom. The molecule has 1 aliphatic heterocycles. The summed E-state index contributed by atoms with van der Waals surface area (Å²) in [4.78, 5) is 13.1. The lowest BCUT2D eigenvalue weighted by molar-refractivity contribution is -0.110. The number of nitrogens with one attached hydrogen (secondary N) is 3. The minimum atomic E-state index is -0.177. The molecule has 6 heteroatoms. The molecule has 4 rings (SSSR count). The highest BCUT2D eigenvalue weighted by atomic mass is 16.5. The van der Waals surface area contributed by atoms with Gasteiger partial charge in [0.25, 0.3) is 5.91 Å². The molecule has 0 aromatic heterocycles. The van der Waals surface area contributed by atoms with Crippen LogP contribution in [-0.2, 0) is 11.3 Å². The molecule has 3 aromatic carbocycles. The molecule has 0 radical (unpaired) electrons. The molecule has 6 nitrogen and oxygen atoms in total. The number of carbonyl (C=O) groups excluding carboxylic acids is 1. The standard InChI is InChI=1S/C25H25N3O3/c1-26-15-16-9-11-18(12-10-16)27-24(17-7-5-4-6-8-17)23-19-13-21(30-2)22(31-3)14-20(19)28-25(23)29/h4-14,26-27H,15H2,1-3H3,(H,28,29)/b24-23-. The Morgan fingerprint density at radius 3 is 2.26 bits per heavy atom. The molecule has 1 amide bonds. The second-order valence-corrected chi connectivity index (χ2v) is 7.18. The van der Waals surface area contributed by atoms with Crippen LogP contribution in [-0.4, -0.2) is 27.2 Å². The average Bonchev–Trinajstić information content (AvgIpc) is 3.12.